The molecule has 0 fully saturated rings. The number of aliphatic carboxylic acids is 1. The molecule has 0 aliphatic rings. The van der Waals surface area contributed by atoms with Crippen LogP contribution >= 0.6 is 11.8 Å². The molecule has 1 N–H and O–H groups in total. The standard InChI is InChI=1S/C21H34O2S/c1-3-5-11-18(12-6-4-2)13-10-16-24-17-20(21(22)23)19-14-8-7-9-15-19/h7-9,14-15,18,20H,3-6,10-13,16-17H2,1-2H3,(H,22,23). The maximum Gasteiger partial charge on any atom is 0.311 e. The lowest BCUT2D eigenvalue weighted by Crippen LogP contribution is -2.14. The molecule has 24 heavy (non-hydrogen) atoms. The first kappa shape index (κ1) is 21.1. The Balaban J connectivity index is 2.30. The van der Waals surface area contributed by atoms with Crippen LogP contribution in [-0.4, -0.2) is 22.6 Å². The van der Waals surface area contributed by atoms with Crippen molar-refractivity contribution in [3.05, 3.63) is 35.9 Å². The summed E-state index contributed by atoms with van der Waals surface area (Å²) in [7, 11) is 0. The Bertz CT molecular complexity index is 425. The SMILES string of the molecule is CCCCC(CCCC)CCCSCC(C(=O)O)c1ccccc1. The van der Waals surface area contributed by atoms with Crippen molar-refractivity contribution in [2.75, 3.05) is 11.5 Å². The summed E-state index contributed by atoms with van der Waals surface area (Å²) in [6, 6.07) is 9.61. The Morgan fingerprint density at radius 1 is 1.00 bits per heavy atom. The lowest BCUT2D eigenvalue weighted by atomic mass is 9.92. The van der Waals surface area contributed by atoms with Crippen LogP contribution in [0.4, 0.5) is 0 Å². The van der Waals surface area contributed by atoms with Crippen LogP contribution in [0.2, 0.25) is 0 Å². The summed E-state index contributed by atoms with van der Waals surface area (Å²) in [5.41, 5.74) is 0.918. The largest absolute Gasteiger partial charge is 0.481 e. The molecule has 2 nitrogen and oxygen atoms in total. The third-order valence-electron chi connectivity index (χ3n) is 4.62. The van der Waals surface area contributed by atoms with Gasteiger partial charge in [-0.05, 0) is 30.1 Å². The fourth-order valence-corrected chi connectivity index (χ4v) is 4.20. The number of hydrogen-bond donors (Lipinski definition) is 1. The Labute approximate surface area is 152 Å². The van der Waals surface area contributed by atoms with Crippen LogP contribution in [0.15, 0.2) is 30.3 Å². The Morgan fingerprint density at radius 2 is 1.58 bits per heavy atom. The predicted octanol–water partition coefficient (Wildman–Crippen LogP) is 6.36. The molecule has 1 unspecified atom stereocenters. The minimum Gasteiger partial charge on any atom is -0.481 e. The zero-order chi connectivity index (χ0) is 17.6. The van der Waals surface area contributed by atoms with Crippen LogP contribution in [0.1, 0.15) is 76.7 Å². The lowest BCUT2D eigenvalue weighted by molar-refractivity contribution is -0.138. The van der Waals surface area contributed by atoms with E-state index < -0.39 is 5.97 Å². The third-order valence-corrected chi connectivity index (χ3v) is 5.76. The third kappa shape index (κ3) is 8.77. The van der Waals surface area contributed by atoms with Gasteiger partial charge < -0.3 is 5.11 Å². The summed E-state index contributed by atoms with van der Waals surface area (Å²) in [6.45, 7) is 4.53. The van der Waals surface area contributed by atoms with E-state index in [-0.39, 0.29) is 5.92 Å². The van der Waals surface area contributed by atoms with Crippen LogP contribution in [0.5, 0.6) is 0 Å². The van der Waals surface area contributed by atoms with Gasteiger partial charge in [-0.15, -0.1) is 0 Å². The van der Waals surface area contributed by atoms with Crippen molar-refractivity contribution >= 4 is 17.7 Å². The molecule has 1 aromatic carbocycles. The van der Waals surface area contributed by atoms with Crippen LogP contribution < -0.4 is 0 Å². The van der Waals surface area contributed by atoms with Crippen LogP contribution in [0.3, 0.4) is 0 Å². The summed E-state index contributed by atoms with van der Waals surface area (Å²) < 4.78 is 0. The van der Waals surface area contributed by atoms with Gasteiger partial charge in [-0.3, -0.25) is 4.79 Å². The highest BCUT2D eigenvalue weighted by Gasteiger charge is 2.19. The molecule has 1 atom stereocenters. The number of carbonyl (C=O) groups is 1. The van der Waals surface area contributed by atoms with Gasteiger partial charge >= 0.3 is 5.97 Å². The first-order valence-corrected chi connectivity index (χ1v) is 10.7. The van der Waals surface area contributed by atoms with Crippen molar-refractivity contribution in [1.29, 1.82) is 0 Å². The van der Waals surface area contributed by atoms with Gasteiger partial charge in [-0.2, -0.15) is 11.8 Å². The van der Waals surface area contributed by atoms with Gasteiger partial charge in [-0.25, -0.2) is 0 Å². The van der Waals surface area contributed by atoms with Crippen molar-refractivity contribution in [2.24, 2.45) is 5.92 Å². The molecule has 0 saturated heterocycles. The average molecular weight is 351 g/mol. The Hall–Kier alpha value is -0.960. The highest BCUT2D eigenvalue weighted by molar-refractivity contribution is 7.99. The number of benzene rings is 1. The molecule has 1 aromatic rings. The fourth-order valence-electron chi connectivity index (χ4n) is 3.09. The quantitative estimate of drug-likeness (QED) is 0.396. The van der Waals surface area contributed by atoms with E-state index in [4.69, 9.17) is 0 Å². The molecule has 0 bridgehead atoms. The molecule has 0 aromatic heterocycles. The lowest BCUT2D eigenvalue weighted by Gasteiger charge is -2.16. The molecule has 0 heterocycles. The van der Waals surface area contributed by atoms with Gasteiger partial charge in [0.1, 0.15) is 0 Å². The summed E-state index contributed by atoms with van der Waals surface area (Å²) in [4.78, 5) is 11.5. The molecule has 0 aliphatic carbocycles. The number of carboxylic acids is 1. The number of unbranched alkanes of at least 4 members (excludes halogenated alkanes) is 2. The normalized spacial score (nSPS) is 12.5. The minimum absolute atomic E-state index is 0.382. The first-order valence-electron chi connectivity index (χ1n) is 9.54. The van der Waals surface area contributed by atoms with E-state index in [1.54, 1.807) is 11.8 Å². The second-order valence-corrected chi connectivity index (χ2v) is 7.82. The zero-order valence-corrected chi connectivity index (χ0v) is 16.2. The molecule has 0 aliphatic heterocycles. The van der Waals surface area contributed by atoms with Crippen molar-refractivity contribution in [3.63, 3.8) is 0 Å². The van der Waals surface area contributed by atoms with Gasteiger partial charge in [0, 0.05) is 5.75 Å². The van der Waals surface area contributed by atoms with Gasteiger partial charge in [0.05, 0.1) is 5.92 Å². The summed E-state index contributed by atoms with van der Waals surface area (Å²) in [5.74, 6) is 1.53. The van der Waals surface area contributed by atoms with E-state index in [1.807, 2.05) is 30.3 Å². The molecule has 0 radical (unpaired) electrons. The molecular weight excluding hydrogens is 316 g/mol. The molecule has 3 heteroatoms. The van der Waals surface area contributed by atoms with Crippen molar-refractivity contribution in [2.45, 2.75) is 71.1 Å². The zero-order valence-electron chi connectivity index (χ0n) is 15.4. The van der Waals surface area contributed by atoms with Crippen LogP contribution in [0.25, 0.3) is 0 Å². The second kappa shape index (κ2) is 13.3. The summed E-state index contributed by atoms with van der Waals surface area (Å²) in [6.07, 6.45) is 10.5. The van der Waals surface area contributed by atoms with E-state index in [9.17, 15) is 9.90 Å². The highest BCUT2D eigenvalue weighted by atomic mass is 32.2. The van der Waals surface area contributed by atoms with Crippen LogP contribution in [-0.2, 0) is 4.79 Å². The highest BCUT2D eigenvalue weighted by Crippen LogP contribution is 2.25. The maximum absolute atomic E-state index is 11.5. The van der Waals surface area contributed by atoms with E-state index in [1.165, 1.54) is 51.4 Å². The summed E-state index contributed by atoms with van der Waals surface area (Å²) in [5, 5.41) is 9.45. The topological polar surface area (TPSA) is 37.3 Å². The first-order chi connectivity index (χ1) is 11.7. The average Bonchev–Trinajstić information content (AvgIpc) is 2.60. The number of rotatable bonds is 14. The molecule has 1 rings (SSSR count). The number of thioether (sulfide) groups is 1. The number of hydrogen-bond acceptors (Lipinski definition) is 2. The van der Waals surface area contributed by atoms with Crippen molar-refractivity contribution < 1.29 is 9.90 Å². The Kier molecular flexibility index (Phi) is 11.7. The molecule has 0 spiro atoms. The fraction of sp³-hybridized carbons (Fsp3) is 0.667. The van der Waals surface area contributed by atoms with Crippen LogP contribution in [0, 0.1) is 5.92 Å². The van der Waals surface area contributed by atoms with Gasteiger partial charge in [0.25, 0.3) is 0 Å². The number of carboxylic acid groups (broad SMARTS) is 1. The van der Waals surface area contributed by atoms with Gasteiger partial charge in [-0.1, -0.05) is 82.7 Å². The van der Waals surface area contributed by atoms with Crippen molar-refractivity contribution in [3.8, 4) is 0 Å². The van der Waals surface area contributed by atoms with E-state index in [2.05, 4.69) is 13.8 Å². The van der Waals surface area contributed by atoms with Crippen molar-refractivity contribution in [1.82, 2.24) is 0 Å². The maximum atomic E-state index is 11.5. The van der Waals surface area contributed by atoms with E-state index >= 15 is 0 Å². The Morgan fingerprint density at radius 3 is 2.12 bits per heavy atom. The molecule has 136 valence electrons. The minimum atomic E-state index is -0.711. The van der Waals surface area contributed by atoms with E-state index in [0.717, 1.165) is 17.2 Å². The molecule has 0 amide bonds. The molecular formula is C21H34O2S. The summed E-state index contributed by atoms with van der Waals surface area (Å²) >= 11 is 1.79. The smallest absolute Gasteiger partial charge is 0.311 e. The second-order valence-electron chi connectivity index (χ2n) is 6.67. The van der Waals surface area contributed by atoms with Gasteiger partial charge in [0.2, 0.25) is 0 Å². The monoisotopic (exact) mass is 350 g/mol. The predicted molar refractivity (Wildman–Crippen MR) is 106 cm³/mol. The van der Waals surface area contributed by atoms with Gasteiger partial charge in [0.15, 0.2) is 0 Å². The van der Waals surface area contributed by atoms with E-state index in [0.29, 0.717) is 5.75 Å². The molecule has 0 saturated carbocycles.